The van der Waals surface area contributed by atoms with Crippen molar-refractivity contribution in [3.05, 3.63) is 235 Å². The summed E-state index contributed by atoms with van der Waals surface area (Å²) in [6.45, 7) is 0. The van der Waals surface area contributed by atoms with Crippen molar-refractivity contribution < 1.29 is 4.39 Å². The fourth-order valence-electron chi connectivity index (χ4n) is 13.4. The minimum Gasteiger partial charge on any atom is -0.310 e. The van der Waals surface area contributed by atoms with E-state index in [0.29, 0.717) is 11.8 Å². The van der Waals surface area contributed by atoms with E-state index in [0.717, 1.165) is 40.0 Å². The van der Waals surface area contributed by atoms with E-state index in [1.54, 1.807) is 11.1 Å². The average Bonchev–Trinajstić information content (AvgIpc) is 3.67. The minimum absolute atomic E-state index is 0.0906. The molecule has 9 aromatic rings. The summed E-state index contributed by atoms with van der Waals surface area (Å²) in [7, 11) is 0. The molecule has 66 heavy (non-hydrogen) atoms. The van der Waals surface area contributed by atoms with E-state index in [1.165, 1.54) is 99.9 Å². The standard InChI is InChI=1S/C64H50FN/c65-53-28-24-44(25-29-53)45-26-30-54(31-27-45)66(56-32-33-57(46-12-3-1-4-13-46)61(41-56)47-14-5-2-6-15-47)55-19-10-17-49(40-55)48-16-9-18-50(39-48)58-21-11-22-60-59-20-7-8-23-62(59)64(63(58)60)51-35-42-34-43(37-51)38-52(64)36-42/h1-33,39-43,51-52H,34-38H2. The predicted molar refractivity (Wildman–Crippen MR) is 272 cm³/mol. The molecule has 0 radical (unpaired) electrons. The molecule has 0 heterocycles. The number of anilines is 3. The summed E-state index contributed by atoms with van der Waals surface area (Å²) in [5.41, 5.74) is 21.2. The highest BCUT2D eigenvalue weighted by molar-refractivity contribution is 5.92. The average molecular weight is 852 g/mol. The van der Waals surface area contributed by atoms with Gasteiger partial charge in [-0.15, -0.1) is 0 Å². The van der Waals surface area contributed by atoms with Crippen molar-refractivity contribution in [3.63, 3.8) is 0 Å². The summed E-state index contributed by atoms with van der Waals surface area (Å²) in [4.78, 5) is 2.38. The molecule has 4 saturated carbocycles. The summed E-state index contributed by atoms with van der Waals surface area (Å²) >= 11 is 0. The number of nitrogens with zero attached hydrogens (tertiary/aromatic N) is 1. The van der Waals surface area contributed by atoms with Crippen molar-refractivity contribution in [1.29, 1.82) is 0 Å². The molecule has 0 saturated heterocycles. The lowest BCUT2D eigenvalue weighted by Gasteiger charge is -2.61. The Kier molecular flexibility index (Phi) is 9.31. The van der Waals surface area contributed by atoms with Crippen molar-refractivity contribution in [2.45, 2.75) is 37.5 Å². The third-order valence-electron chi connectivity index (χ3n) is 15.9. The van der Waals surface area contributed by atoms with Crippen molar-refractivity contribution in [2.75, 3.05) is 4.90 Å². The molecule has 318 valence electrons. The first-order valence-electron chi connectivity index (χ1n) is 23.9. The number of hydrogen-bond donors (Lipinski definition) is 0. The number of rotatable bonds is 8. The summed E-state index contributed by atoms with van der Waals surface area (Å²) < 4.78 is 13.9. The third-order valence-corrected chi connectivity index (χ3v) is 15.9. The van der Waals surface area contributed by atoms with Crippen molar-refractivity contribution in [1.82, 2.24) is 0 Å². The highest BCUT2D eigenvalue weighted by Crippen LogP contribution is 2.70. The van der Waals surface area contributed by atoms with Crippen LogP contribution in [0.15, 0.2) is 218 Å². The Hall–Kier alpha value is -7.29. The van der Waals surface area contributed by atoms with Crippen LogP contribution in [-0.2, 0) is 5.41 Å². The molecule has 0 amide bonds. The maximum atomic E-state index is 13.9. The van der Waals surface area contributed by atoms with Crippen LogP contribution in [0, 0.1) is 29.5 Å². The second kappa shape index (κ2) is 15.7. The minimum atomic E-state index is -0.231. The third kappa shape index (κ3) is 6.33. The Balaban J connectivity index is 0.935. The van der Waals surface area contributed by atoms with Crippen LogP contribution >= 0.6 is 0 Å². The quantitative estimate of drug-likeness (QED) is 0.147. The van der Waals surface area contributed by atoms with E-state index in [1.807, 2.05) is 12.1 Å². The Labute approximate surface area is 387 Å². The SMILES string of the molecule is Fc1ccc(-c2ccc(N(c3cccc(-c4cccc(-c5cccc6c5C5(c7ccccc7-6)C6CC7CC(C6)CC5C7)c4)c3)c3ccc(-c4ccccc4)c(-c4ccccc4)c3)cc2)cc1. The maximum Gasteiger partial charge on any atom is 0.123 e. The molecule has 1 spiro atoms. The van der Waals surface area contributed by atoms with E-state index >= 15 is 0 Å². The first-order valence-corrected chi connectivity index (χ1v) is 23.9. The highest BCUT2D eigenvalue weighted by atomic mass is 19.1. The normalized spacial score (nSPS) is 20.9. The fourth-order valence-corrected chi connectivity index (χ4v) is 13.4. The van der Waals surface area contributed by atoms with Gasteiger partial charge in [-0.25, -0.2) is 4.39 Å². The van der Waals surface area contributed by atoms with Crippen LogP contribution in [0.4, 0.5) is 21.5 Å². The van der Waals surface area contributed by atoms with Gasteiger partial charge in [0.15, 0.2) is 0 Å². The first kappa shape index (κ1) is 39.1. The summed E-state index contributed by atoms with van der Waals surface area (Å²) in [5, 5.41) is 0. The van der Waals surface area contributed by atoms with Gasteiger partial charge in [-0.05, 0) is 188 Å². The monoisotopic (exact) mass is 851 g/mol. The van der Waals surface area contributed by atoms with E-state index in [-0.39, 0.29) is 11.2 Å². The zero-order valence-corrected chi connectivity index (χ0v) is 37.0. The van der Waals surface area contributed by atoms with Gasteiger partial charge in [0, 0.05) is 22.5 Å². The second-order valence-electron chi connectivity index (χ2n) is 19.4. The molecule has 5 aliphatic carbocycles. The van der Waals surface area contributed by atoms with Gasteiger partial charge in [-0.1, -0.05) is 164 Å². The van der Waals surface area contributed by atoms with Crippen LogP contribution in [-0.4, -0.2) is 0 Å². The van der Waals surface area contributed by atoms with Gasteiger partial charge in [0.25, 0.3) is 0 Å². The van der Waals surface area contributed by atoms with E-state index in [4.69, 9.17) is 0 Å². The van der Waals surface area contributed by atoms with Crippen LogP contribution in [0.1, 0.15) is 43.2 Å². The molecule has 1 nitrogen and oxygen atoms in total. The van der Waals surface area contributed by atoms with Crippen LogP contribution in [0.25, 0.3) is 66.8 Å². The molecule has 2 heteroatoms. The molecule has 0 aliphatic heterocycles. The molecular weight excluding hydrogens is 802 g/mol. The van der Waals surface area contributed by atoms with Gasteiger partial charge in [0.05, 0.1) is 0 Å². The Morgan fingerprint density at radius 2 is 0.848 bits per heavy atom. The van der Waals surface area contributed by atoms with Crippen molar-refractivity contribution >= 4 is 17.1 Å². The lowest BCUT2D eigenvalue weighted by Crippen LogP contribution is -2.55. The zero-order valence-electron chi connectivity index (χ0n) is 37.0. The van der Waals surface area contributed by atoms with Crippen molar-refractivity contribution in [2.24, 2.45) is 23.7 Å². The molecule has 0 N–H and O–H groups in total. The molecule has 0 aromatic heterocycles. The summed E-state index contributed by atoms with van der Waals surface area (Å²) in [6.07, 6.45) is 6.93. The van der Waals surface area contributed by atoms with E-state index in [2.05, 4.69) is 199 Å². The van der Waals surface area contributed by atoms with Gasteiger partial charge < -0.3 is 4.90 Å². The number of benzene rings is 9. The van der Waals surface area contributed by atoms with Gasteiger partial charge >= 0.3 is 0 Å². The molecule has 4 fully saturated rings. The topological polar surface area (TPSA) is 3.24 Å². The van der Waals surface area contributed by atoms with Gasteiger partial charge in [-0.3, -0.25) is 0 Å². The Morgan fingerprint density at radius 1 is 0.333 bits per heavy atom. The summed E-state index contributed by atoms with van der Waals surface area (Å²) in [6, 6.07) is 78.7. The van der Waals surface area contributed by atoms with Crippen LogP contribution in [0.3, 0.4) is 0 Å². The van der Waals surface area contributed by atoms with Crippen LogP contribution in [0.2, 0.25) is 0 Å². The molecule has 0 unspecified atom stereocenters. The fraction of sp³-hybridized carbons (Fsp3) is 0.156. The Bertz CT molecular complexity index is 3230. The predicted octanol–water partition coefficient (Wildman–Crippen LogP) is 17.4. The van der Waals surface area contributed by atoms with Gasteiger partial charge in [-0.2, -0.15) is 0 Å². The smallest absolute Gasteiger partial charge is 0.123 e. The van der Waals surface area contributed by atoms with Crippen molar-refractivity contribution in [3.8, 4) is 66.8 Å². The summed E-state index contributed by atoms with van der Waals surface area (Å²) in [5.74, 6) is 2.98. The second-order valence-corrected chi connectivity index (χ2v) is 19.4. The van der Waals surface area contributed by atoms with E-state index < -0.39 is 0 Å². The molecule has 5 aliphatic rings. The van der Waals surface area contributed by atoms with Crippen LogP contribution < -0.4 is 4.90 Å². The lowest BCUT2D eigenvalue weighted by atomic mass is 9.42. The number of hydrogen-bond acceptors (Lipinski definition) is 1. The number of halogens is 1. The Morgan fingerprint density at radius 3 is 1.56 bits per heavy atom. The number of fused-ring (bicyclic) bond motifs is 3. The largest absolute Gasteiger partial charge is 0.310 e. The first-order chi connectivity index (χ1) is 32.6. The van der Waals surface area contributed by atoms with E-state index in [9.17, 15) is 4.39 Å². The molecule has 4 bridgehead atoms. The molecular formula is C64H50FN. The molecule has 0 atom stereocenters. The van der Waals surface area contributed by atoms with Gasteiger partial charge in [0.1, 0.15) is 5.82 Å². The molecule has 9 aromatic carbocycles. The lowest BCUT2D eigenvalue weighted by molar-refractivity contribution is -0.0397. The van der Waals surface area contributed by atoms with Crippen LogP contribution in [0.5, 0.6) is 0 Å². The highest BCUT2D eigenvalue weighted by Gasteiger charge is 2.62. The maximum absolute atomic E-state index is 13.9. The zero-order chi connectivity index (χ0) is 43.8. The van der Waals surface area contributed by atoms with Gasteiger partial charge in [0.2, 0.25) is 0 Å². The molecule has 14 rings (SSSR count).